The molecule has 0 fully saturated rings. The first kappa shape index (κ1) is 19.2. The summed E-state index contributed by atoms with van der Waals surface area (Å²) >= 11 is 2.02. The Labute approximate surface area is 172 Å². The zero-order chi connectivity index (χ0) is 19.2. The molecule has 0 bridgehead atoms. The number of carbonyl (C=O) groups excluding carboxylic acids is 1. The van der Waals surface area contributed by atoms with Gasteiger partial charge in [-0.15, -0.1) is 0 Å². The van der Waals surface area contributed by atoms with Gasteiger partial charge in [0.1, 0.15) is 12.4 Å². The molecule has 3 aromatic rings. The molecule has 0 saturated carbocycles. The number of hydrogen-bond donors (Lipinski definition) is 2. The predicted molar refractivity (Wildman–Crippen MR) is 115 cm³/mol. The average molecular weight is 473 g/mol. The lowest BCUT2D eigenvalue weighted by atomic mass is 10.1. The molecular formula is C22H20INO3. The molecular weight excluding hydrogens is 453 g/mol. The Morgan fingerprint density at radius 3 is 2.48 bits per heavy atom. The monoisotopic (exact) mass is 473 g/mol. The molecule has 0 spiro atoms. The van der Waals surface area contributed by atoms with Crippen molar-refractivity contribution in [1.82, 2.24) is 0 Å². The lowest BCUT2D eigenvalue weighted by Gasteiger charge is -2.12. The summed E-state index contributed by atoms with van der Waals surface area (Å²) in [4.78, 5) is 12.4. The number of carbonyl (C=O) groups is 1. The number of benzene rings is 3. The van der Waals surface area contributed by atoms with E-state index < -0.39 is 5.97 Å². The third-order valence-electron chi connectivity index (χ3n) is 4.13. The standard InChI is InChI=1S/C22H20INO3/c1-15-7-9-19(10-8-15)24-13-18-11-17(12-20(23)21(18)25)22(26)27-14-16-5-3-2-4-6-16/h2-12,24-25H,13-14H2,1H3. The largest absolute Gasteiger partial charge is 0.506 e. The zero-order valence-corrected chi connectivity index (χ0v) is 17.1. The Morgan fingerprint density at radius 2 is 1.78 bits per heavy atom. The van der Waals surface area contributed by atoms with Crippen LogP contribution in [-0.2, 0) is 17.9 Å². The summed E-state index contributed by atoms with van der Waals surface area (Å²) in [5.74, 6) is -0.233. The normalized spacial score (nSPS) is 10.4. The summed E-state index contributed by atoms with van der Waals surface area (Å²) in [6.45, 7) is 2.65. The maximum absolute atomic E-state index is 12.4. The van der Waals surface area contributed by atoms with Crippen LogP contribution >= 0.6 is 22.6 Å². The maximum atomic E-state index is 12.4. The van der Waals surface area contributed by atoms with Gasteiger partial charge in [-0.1, -0.05) is 48.0 Å². The topological polar surface area (TPSA) is 58.6 Å². The third kappa shape index (κ3) is 5.23. The molecule has 0 amide bonds. The Hall–Kier alpha value is -2.54. The van der Waals surface area contributed by atoms with E-state index in [2.05, 4.69) is 5.32 Å². The number of halogens is 1. The van der Waals surface area contributed by atoms with E-state index in [1.807, 2.05) is 84.1 Å². The molecule has 138 valence electrons. The van der Waals surface area contributed by atoms with Gasteiger partial charge in [0.2, 0.25) is 0 Å². The number of esters is 1. The van der Waals surface area contributed by atoms with Gasteiger partial charge in [-0.05, 0) is 59.3 Å². The smallest absolute Gasteiger partial charge is 0.338 e. The second kappa shape index (κ2) is 8.90. The minimum atomic E-state index is -0.409. The van der Waals surface area contributed by atoms with Gasteiger partial charge in [-0.25, -0.2) is 4.79 Å². The van der Waals surface area contributed by atoms with E-state index in [9.17, 15) is 9.90 Å². The first-order valence-electron chi connectivity index (χ1n) is 8.56. The molecule has 3 rings (SSSR count). The summed E-state index contributed by atoms with van der Waals surface area (Å²) in [6.07, 6.45) is 0. The molecule has 0 aliphatic carbocycles. The molecule has 27 heavy (non-hydrogen) atoms. The fourth-order valence-electron chi connectivity index (χ4n) is 2.58. The van der Waals surface area contributed by atoms with Crippen molar-refractivity contribution in [3.63, 3.8) is 0 Å². The van der Waals surface area contributed by atoms with E-state index in [0.717, 1.165) is 11.3 Å². The highest BCUT2D eigenvalue weighted by Gasteiger charge is 2.14. The maximum Gasteiger partial charge on any atom is 0.338 e. The molecule has 5 heteroatoms. The minimum absolute atomic E-state index is 0.176. The van der Waals surface area contributed by atoms with Crippen LogP contribution in [0.2, 0.25) is 0 Å². The molecule has 0 unspecified atom stereocenters. The minimum Gasteiger partial charge on any atom is -0.506 e. The quantitative estimate of drug-likeness (QED) is 0.378. The van der Waals surface area contributed by atoms with Crippen LogP contribution in [0.3, 0.4) is 0 Å². The van der Waals surface area contributed by atoms with Gasteiger partial charge in [-0.3, -0.25) is 0 Å². The first-order valence-corrected chi connectivity index (χ1v) is 9.64. The average Bonchev–Trinajstić information content (AvgIpc) is 2.69. The fraction of sp³-hybridized carbons (Fsp3) is 0.136. The van der Waals surface area contributed by atoms with Gasteiger partial charge in [0.05, 0.1) is 9.13 Å². The predicted octanol–water partition coefficient (Wildman–Crippen LogP) is 5.27. The second-order valence-corrected chi connectivity index (χ2v) is 7.41. The zero-order valence-electron chi connectivity index (χ0n) is 14.9. The van der Waals surface area contributed by atoms with Crippen molar-refractivity contribution in [2.24, 2.45) is 0 Å². The second-order valence-electron chi connectivity index (χ2n) is 6.25. The number of anilines is 1. The SMILES string of the molecule is Cc1ccc(NCc2cc(C(=O)OCc3ccccc3)cc(I)c2O)cc1. The number of rotatable bonds is 6. The van der Waals surface area contributed by atoms with Gasteiger partial charge in [-0.2, -0.15) is 0 Å². The molecule has 0 radical (unpaired) electrons. The van der Waals surface area contributed by atoms with Crippen LogP contribution in [0.5, 0.6) is 5.75 Å². The van der Waals surface area contributed by atoms with E-state index >= 15 is 0 Å². The summed E-state index contributed by atoms with van der Waals surface area (Å²) in [5.41, 5.74) is 4.14. The van der Waals surface area contributed by atoms with Crippen LogP contribution in [0.25, 0.3) is 0 Å². The lowest BCUT2D eigenvalue weighted by Crippen LogP contribution is -2.08. The summed E-state index contributed by atoms with van der Waals surface area (Å²) < 4.78 is 6.01. The van der Waals surface area contributed by atoms with Crippen LogP contribution in [0.4, 0.5) is 5.69 Å². The van der Waals surface area contributed by atoms with E-state index in [1.165, 1.54) is 5.56 Å². The van der Waals surface area contributed by atoms with Crippen molar-refractivity contribution in [3.8, 4) is 5.75 Å². The number of nitrogens with one attached hydrogen (secondary N) is 1. The molecule has 0 atom stereocenters. The molecule has 4 nitrogen and oxygen atoms in total. The van der Waals surface area contributed by atoms with Crippen LogP contribution in [-0.4, -0.2) is 11.1 Å². The van der Waals surface area contributed by atoms with Crippen molar-refractivity contribution in [2.75, 3.05) is 5.32 Å². The van der Waals surface area contributed by atoms with Gasteiger partial charge in [0.15, 0.2) is 0 Å². The highest BCUT2D eigenvalue weighted by molar-refractivity contribution is 14.1. The molecule has 2 N–H and O–H groups in total. The van der Waals surface area contributed by atoms with Crippen LogP contribution < -0.4 is 5.32 Å². The van der Waals surface area contributed by atoms with E-state index in [0.29, 0.717) is 21.2 Å². The number of hydrogen-bond acceptors (Lipinski definition) is 4. The van der Waals surface area contributed by atoms with Crippen molar-refractivity contribution in [1.29, 1.82) is 0 Å². The Balaban J connectivity index is 1.70. The summed E-state index contributed by atoms with van der Waals surface area (Å²) in [7, 11) is 0. The molecule has 0 saturated heterocycles. The Morgan fingerprint density at radius 1 is 1.07 bits per heavy atom. The molecule has 0 aliphatic heterocycles. The number of phenolic OH excluding ortho intramolecular Hbond substituents is 1. The molecule has 0 aromatic heterocycles. The van der Waals surface area contributed by atoms with Crippen molar-refractivity contribution in [3.05, 3.63) is 92.6 Å². The molecule has 0 aliphatic rings. The Bertz CT molecular complexity index is 924. The van der Waals surface area contributed by atoms with Gasteiger partial charge in [0, 0.05) is 17.8 Å². The third-order valence-corrected chi connectivity index (χ3v) is 4.95. The number of phenols is 1. The molecule has 0 heterocycles. The van der Waals surface area contributed by atoms with Crippen LogP contribution in [0.1, 0.15) is 27.0 Å². The van der Waals surface area contributed by atoms with Crippen molar-refractivity contribution < 1.29 is 14.6 Å². The van der Waals surface area contributed by atoms with Gasteiger partial charge >= 0.3 is 5.97 Å². The number of ether oxygens (including phenoxy) is 1. The van der Waals surface area contributed by atoms with Crippen molar-refractivity contribution in [2.45, 2.75) is 20.1 Å². The summed E-state index contributed by atoms with van der Waals surface area (Å²) in [5, 5.41) is 13.6. The highest BCUT2D eigenvalue weighted by Crippen LogP contribution is 2.27. The van der Waals surface area contributed by atoms with E-state index in [4.69, 9.17) is 4.74 Å². The van der Waals surface area contributed by atoms with Gasteiger partial charge < -0.3 is 15.2 Å². The highest BCUT2D eigenvalue weighted by atomic mass is 127. The van der Waals surface area contributed by atoms with Crippen LogP contribution in [0, 0.1) is 10.5 Å². The lowest BCUT2D eigenvalue weighted by molar-refractivity contribution is 0.0472. The summed E-state index contributed by atoms with van der Waals surface area (Å²) in [6, 6.07) is 20.8. The Kier molecular flexibility index (Phi) is 6.34. The molecule has 3 aromatic carbocycles. The van der Waals surface area contributed by atoms with Gasteiger partial charge in [0.25, 0.3) is 0 Å². The first-order chi connectivity index (χ1) is 13.0. The van der Waals surface area contributed by atoms with Crippen molar-refractivity contribution >= 4 is 34.2 Å². The number of aryl methyl sites for hydroxylation is 1. The van der Waals surface area contributed by atoms with E-state index in [-0.39, 0.29) is 12.4 Å². The number of aromatic hydroxyl groups is 1. The van der Waals surface area contributed by atoms with Crippen LogP contribution in [0.15, 0.2) is 66.7 Å². The van der Waals surface area contributed by atoms with E-state index in [1.54, 1.807) is 12.1 Å². The fourth-order valence-corrected chi connectivity index (χ4v) is 3.27.